The zero-order valence-electron chi connectivity index (χ0n) is 15.8. The first-order valence-corrected chi connectivity index (χ1v) is 8.23. The molecule has 0 saturated carbocycles. The Morgan fingerprint density at radius 1 is 1.19 bits per heavy atom. The van der Waals surface area contributed by atoms with Crippen LogP contribution in [0.5, 0.6) is 0 Å². The van der Waals surface area contributed by atoms with Crippen molar-refractivity contribution in [2.75, 3.05) is 26.0 Å². The standard InChI is InChI=1S/C19H23N5O2/c1-13-14(2)21-24(19(26)17(13)10-20)12-18(25)23(5)11-15-6-8-16(9-7-15)22(3)4/h6-9H,11-12H2,1-5H3. The molecule has 136 valence electrons. The number of likely N-dealkylation sites (N-methyl/N-ethyl adjacent to an activating group) is 1. The molecule has 26 heavy (non-hydrogen) atoms. The zero-order chi connectivity index (χ0) is 19.4. The number of hydrogen-bond acceptors (Lipinski definition) is 5. The number of carbonyl (C=O) groups is 1. The van der Waals surface area contributed by atoms with Gasteiger partial charge in [-0.3, -0.25) is 9.59 Å². The Hall–Kier alpha value is -3.14. The Balaban J connectivity index is 2.14. The lowest BCUT2D eigenvalue weighted by atomic mass is 10.1. The van der Waals surface area contributed by atoms with Crippen molar-refractivity contribution in [3.63, 3.8) is 0 Å². The van der Waals surface area contributed by atoms with Crippen LogP contribution in [0.15, 0.2) is 29.1 Å². The maximum atomic E-state index is 12.5. The Labute approximate surface area is 153 Å². The van der Waals surface area contributed by atoms with Gasteiger partial charge in [0, 0.05) is 33.4 Å². The second-order valence-electron chi connectivity index (χ2n) is 6.47. The maximum Gasteiger partial charge on any atom is 0.285 e. The van der Waals surface area contributed by atoms with Crippen molar-refractivity contribution in [2.45, 2.75) is 26.9 Å². The van der Waals surface area contributed by atoms with Crippen LogP contribution in [0.3, 0.4) is 0 Å². The smallest absolute Gasteiger partial charge is 0.285 e. The van der Waals surface area contributed by atoms with Crippen molar-refractivity contribution in [3.05, 3.63) is 57.0 Å². The Morgan fingerprint density at radius 3 is 2.35 bits per heavy atom. The Morgan fingerprint density at radius 2 is 1.81 bits per heavy atom. The van der Waals surface area contributed by atoms with Crippen LogP contribution in [-0.4, -0.2) is 41.7 Å². The summed E-state index contributed by atoms with van der Waals surface area (Å²) in [5.41, 5.74) is 2.69. The topological polar surface area (TPSA) is 82.2 Å². The van der Waals surface area contributed by atoms with Crippen LogP contribution in [-0.2, 0) is 17.9 Å². The molecule has 7 nitrogen and oxygen atoms in total. The molecular formula is C19H23N5O2. The van der Waals surface area contributed by atoms with Crippen LogP contribution < -0.4 is 10.5 Å². The quantitative estimate of drug-likeness (QED) is 0.813. The molecule has 7 heteroatoms. The summed E-state index contributed by atoms with van der Waals surface area (Å²) in [5.74, 6) is -0.247. The van der Waals surface area contributed by atoms with Crippen LogP contribution in [0, 0.1) is 25.2 Å². The molecule has 0 bridgehead atoms. The molecule has 0 atom stereocenters. The minimum atomic E-state index is -0.535. The number of benzene rings is 1. The second kappa shape index (κ2) is 7.83. The van der Waals surface area contributed by atoms with Gasteiger partial charge in [0.25, 0.3) is 5.56 Å². The van der Waals surface area contributed by atoms with Crippen LogP contribution in [0.1, 0.15) is 22.4 Å². The largest absolute Gasteiger partial charge is 0.378 e. The summed E-state index contributed by atoms with van der Waals surface area (Å²) in [5, 5.41) is 13.3. The number of aromatic nitrogens is 2. The van der Waals surface area contributed by atoms with E-state index in [9.17, 15) is 9.59 Å². The van der Waals surface area contributed by atoms with Crippen molar-refractivity contribution in [2.24, 2.45) is 0 Å². The molecule has 0 unspecified atom stereocenters. The predicted molar refractivity (Wildman–Crippen MR) is 99.9 cm³/mol. The number of aryl methyl sites for hydroxylation is 1. The molecule has 0 saturated heterocycles. The average Bonchev–Trinajstić information content (AvgIpc) is 2.60. The number of carbonyl (C=O) groups excluding carboxylic acids is 1. The Kier molecular flexibility index (Phi) is 5.78. The summed E-state index contributed by atoms with van der Waals surface area (Å²) in [7, 11) is 5.61. The summed E-state index contributed by atoms with van der Waals surface area (Å²) >= 11 is 0. The molecule has 1 aromatic heterocycles. The van der Waals surface area contributed by atoms with E-state index in [1.54, 1.807) is 25.8 Å². The summed E-state index contributed by atoms with van der Waals surface area (Å²) < 4.78 is 1.06. The molecule has 2 aromatic rings. The van der Waals surface area contributed by atoms with E-state index in [-0.39, 0.29) is 18.0 Å². The fourth-order valence-electron chi connectivity index (χ4n) is 2.52. The van der Waals surface area contributed by atoms with Gasteiger partial charge in [-0.2, -0.15) is 10.4 Å². The fourth-order valence-corrected chi connectivity index (χ4v) is 2.52. The molecule has 2 rings (SSSR count). The van der Waals surface area contributed by atoms with Gasteiger partial charge in [0.05, 0.1) is 5.69 Å². The molecule has 0 radical (unpaired) electrons. The third-order valence-electron chi connectivity index (χ3n) is 4.33. The van der Waals surface area contributed by atoms with Crippen molar-refractivity contribution in [1.82, 2.24) is 14.7 Å². The summed E-state index contributed by atoms with van der Waals surface area (Å²) in [6, 6.07) is 9.81. The molecule has 1 aromatic carbocycles. The first kappa shape index (κ1) is 19.2. The van der Waals surface area contributed by atoms with Crippen molar-refractivity contribution >= 4 is 11.6 Å². The van der Waals surface area contributed by atoms with Gasteiger partial charge < -0.3 is 9.80 Å². The number of hydrogen-bond donors (Lipinski definition) is 0. The van der Waals surface area contributed by atoms with E-state index in [0.29, 0.717) is 17.8 Å². The van der Waals surface area contributed by atoms with Crippen LogP contribution in [0.4, 0.5) is 5.69 Å². The molecule has 0 aliphatic heterocycles. The van der Waals surface area contributed by atoms with E-state index in [1.165, 1.54) is 0 Å². The molecule has 0 N–H and O–H groups in total. The number of nitrogens with zero attached hydrogens (tertiary/aromatic N) is 5. The fraction of sp³-hybridized carbons (Fsp3) is 0.368. The van der Waals surface area contributed by atoms with Crippen molar-refractivity contribution in [3.8, 4) is 6.07 Å². The van der Waals surface area contributed by atoms with Crippen LogP contribution in [0.2, 0.25) is 0 Å². The highest BCUT2D eigenvalue weighted by Crippen LogP contribution is 2.13. The molecule has 0 spiro atoms. The van der Waals surface area contributed by atoms with Gasteiger partial charge >= 0.3 is 0 Å². The van der Waals surface area contributed by atoms with Crippen molar-refractivity contribution in [1.29, 1.82) is 5.26 Å². The van der Waals surface area contributed by atoms with Crippen LogP contribution >= 0.6 is 0 Å². The van der Waals surface area contributed by atoms with Gasteiger partial charge in [0.2, 0.25) is 5.91 Å². The summed E-state index contributed by atoms with van der Waals surface area (Å²) in [6.45, 7) is 3.63. The van der Waals surface area contributed by atoms with E-state index in [2.05, 4.69) is 5.10 Å². The SMILES string of the molecule is Cc1nn(CC(=O)N(C)Cc2ccc(N(C)C)cc2)c(=O)c(C#N)c1C. The van der Waals surface area contributed by atoms with Gasteiger partial charge in [-0.25, -0.2) is 4.68 Å². The molecule has 1 amide bonds. The number of nitriles is 1. The highest BCUT2D eigenvalue weighted by atomic mass is 16.2. The molecule has 1 heterocycles. The predicted octanol–water partition coefficient (Wildman–Crippen LogP) is 1.46. The van der Waals surface area contributed by atoms with Gasteiger partial charge in [0.15, 0.2) is 0 Å². The minimum absolute atomic E-state index is 0.0345. The van der Waals surface area contributed by atoms with E-state index in [4.69, 9.17) is 5.26 Å². The molecule has 0 aliphatic rings. The normalized spacial score (nSPS) is 10.3. The number of amides is 1. The van der Waals surface area contributed by atoms with E-state index >= 15 is 0 Å². The lowest BCUT2D eigenvalue weighted by Crippen LogP contribution is -2.36. The number of anilines is 1. The average molecular weight is 353 g/mol. The van der Waals surface area contributed by atoms with Gasteiger partial charge in [0.1, 0.15) is 18.2 Å². The molecule has 0 fully saturated rings. The minimum Gasteiger partial charge on any atom is -0.378 e. The van der Waals surface area contributed by atoms with Crippen molar-refractivity contribution < 1.29 is 4.79 Å². The highest BCUT2D eigenvalue weighted by molar-refractivity contribution is 5.75. The molecular weight excluding hydrogens is 330 g/mol. The summed E-state index contributed by atoms with van der Waals surface area (Å²) in [4.78, 5) is 28.3. The highest BCUT2D eigenvalue weighted by Gasteiger charge is 2.16. The van der Waals surface area contributed by atoms with Gasteiger partial charge in [-0.15, -0.1) is 0 Å². The third-order valence-corrected chi connectivity index (χ3v) is 4.33. The molecule has 0 aliphatic carbocycles. The zero-order valence-corrected chi connectivity index (χ0v) is 15.8. The second-order valence-corrected chi connectivity index (χ2v) is 6.47. The lowest BCUT2D eigenvalue weighted by Gasteiger charge is -2.19. The van der Waals surface area contributed by atoms with E-state index < -0.39 is 5.56 Å². The summed E-state index contributed by atoms with van der Waals surface area (Å²) in [6.07, 6.45) is 0. The van der Waals surface area contributed by atoms with E-state index in [0.717, 1.165) is 15.9 Å². The van der Waals surface area contributed by atoms with Crippen LogP contribution in [0.25, 0.3) is 0 Å². The first-order chi connectivity index (χ1) is 12.2. The Bertz CT molecular complexity index is 907. The number of rotatable bonds is 5. The van der Waals surface area contributed by atoms with E-state index in [1.807, 2.05) is 49.3 Å². The first-order valence-electron chi connectivity index (χ1n) is 8.23. The van der Waals surface area contributed by atoms with Gasteiger partial charge in [-0.1, -0.05) is 12.1 Å². The third kappa shape index (κ3) is 4.09. The lowest BCUT2D eigenvalue weighted by molar-refractivity contribution is -0.131. The van der Waals surface area contributed by atoms with Gasteiger partial charge in [-0.05, 0) is 37.1 Å². The monoisotopic (exact) mass is 353 g/mol. The maximum absolute atomic E-state index is 12.5.